The van der Waals surface area contributed by atoms with Crippen LogP contribution in [0.4, 0.5) is 79.0 Å². The zero-order valence-electron chi connectivity index (χ0n) is 16.1. The first-order chi connectivity index (χ1) is 15.9. The predicted molar refractivity (Wildman–Crippen MR) is 65.2 cm³/mol. The maximum Gasteiger partial charge on any atom is 0.498 e. The molecule has 0 aromatic carbocycles. The molecule has 224 valence electrons. The van der Waals surface area contributed by atoms with E-state index < -0.39 is 68.7 Å². The Kier molecular flexibility index (Phi) is 10.1. The molecular formula is C11H6F18O8. The van der Waals surface area contributed by atoms with Crippen LogP contribution < -0.4 is 0 Å². The van der Waals surface area contributed by atoms with Gasteiger partial charge in [-0.1, -0.05) is 0 Å². The number of aliphatic hydroxyl groups is 2. The highest BCUT2D eigenvalue weighted by Gasteiger charge is 2.74. The van der Waals surface area contributed by atoms with Gasteiger partial charge in [0.05, 0.1) is 0 Å². The molecule has 0 aliphatic rings. The van der Waals surface area contributed by atoms with Gasteiger partial charge < -0.3 is 10.2 Å². The summed E-state index contributed by atoms with van der Waals surface area (Å²) >= 11 is 0. The second-order valence-electron chi connectivity index (χ2n) is 5.66. The van der Waals surface area contributed by atoms with Gasteiger partial charge in [0.15, 0.2) is 0 Å². The fourth-order valence-electron chi connectivity index (χ4n) is 1.31. The summed E-state index contributed by atoms with van der Waals surface area (Å²) in [5.41, 5.74) is 0. The van der Waals surface area contributed by atoms with Crippen LogP contribution in [0, 0.1) is 0 Å². The Morgan fingerprint density at radius 3 is 0.919 bits per heavy atom. The van der Waals surface area contributed by atoms with Crippen LogP contribution >= 0.6 is 0 Å². The first-order valence-electron chi connectivity index (χ1n) is 7.69. The standard InChI is InChI=1S/C11H6F18O8/c12-3(13,1-30)32-5(16,17)6(18,19)34-7(20,21)8(22,23)35-10(26,27)37-11(28,29)36-9(24,25)33-4(14,15)2-31/h30-31H,1-2H2. The Balaban J connectivity index is 5.69. The molecule has 0 aromatic rings. The molecule has 0 bridgehead atoms. The second kappa shape index (κ2) is 10.5. The predicted octanol–water partition coefficient (Wildman–Crippen LogP) is 4.28. The summed E-state index contributed by atoms with van der Waals surface area (Å²) in [7, 11) is 0. The summed E-state index contributed by atoms with van der Waals surface area (Å²) in [4.78, 5) is 0. The van der Waals surface area contributed by atoms with Crippen molar-refractivity contribution >= 4 is 0 Å². The zero-order chi connectivity index (χ0) is 30.2. The maximum atomic E-state index is 13.2. The van der Waals surface area contributed by atoms with Gasteiger partial charge in [-0.15, -0.1) is 26.3 Å². The molecule has 0 spiro atoms. The normalized spacial score (nSPS) is 15.9. The van der Waals surface area contributed by atoms with Crippen molar-refractivity contribution in [3.05, 3.63) is 0 Å². The fourth-order valence-corrected chi connectivity index (χ4v) is 1.31. The lowest BCUT2D eigenvalue weighted by Gasteiger charge is -2.34. The highest BCUT2D eigenvalue weighted by molar-refractivity contribution is 4.76. The molecule has 37 heavy (non-hydrogen) atoms. The van der Waals surface area contributed by atoms with Gasteiger partial charge in [0.25, 0.3) is 0 Å². The van der Waals surface area contributed by atoms with Crippen LogP contribution in [0.25, 0.3) is 0 Å². The molecule has 0 aromatic heterocycles. The van der Waals surface area contributed by atoms with Crippen molar-refractivity contribution in [3.63, 3.8) is 0 Å². The quantitative estimate of drug-likeness (QED) is 0.198. The van der Waals surface area contributed by atoms with Crippen molar-refractivity contribution in [3.8, 4) is 0 Å². The third kappa shape index (κ3) is 10.6. The van der Waals surface area contributed by atoms with Crippen LogP contribution in [-0.2, 0) is 28.4 Å². The largest absolute Gasteiger partial charge is 0.498 e. The number of aliphatic hydroxyl groups excluding tert-OH is 2. The van der Waals surface area contributed by atoms with Gasteiger partial charge >= 0.3 is 55.5 Å². The van der Waals surface area contributed by atoms with Crippen LogP contribution in [0.15, 0.2) is 0 Å². The molecule has 0 rings (SSSR count). The molecule has 0 aliphatic heterocycles. The zero-order valence-corrected chi connectivity index (χ0v) is 16.1. The van der Waals surface area contributed by atoms with Gasteiger partial charge in [-0.05, 0) is 0 Å². The second-order valence-corrected chi connectivity index (χ2v) is 5.66. The number of ether oxygens (including phenoxy) is 6. The average molecular weight is 608 g/mol. The first-order valence-corrected chi connectivity index (χ1v) is 7.69. The van der Waals surface area contributed by atoms with E-state index in [1.54, 1.807) is 4.74 Å². The number of halogens is 18. The van der Waals surface area contributed by atoms with Crippen LogP contribution in [0.5, 0.6) is 0 Å². The van der Waals surface area contributed by atoms with Crippen LogP contribution in [0.3, 0.4) is 0 Å². The molecule has 0 saturated heterocycles. The van der Waals surface area contributed by atoms with Crippen molar-refractivity contribution in [2.75, 3.05) is 13.2 Å². The van der Waals surface area contributed by atoms with E-state index in [0.29, 0.717) is 0 Å². The Morgan fingerprint density at radius 1 is 0.324 bits per heavy atom. The molecule has 0 heterocycles. The van der Waals surface area contributed by atoms with E-state index in [9.17, 15) is 79.0 Å². The lowest BCUT2D eigenvalue weighted by Crippen LogP contribution is -2.58. The molecule has 0 unspecified atom stereocenters. The third-order valence-electron chi connectivity index (χ3n) is 2.57. The van der Waals surface area contributed by atoms with Crippen molar-refractivity contribution in [2.45, 2.75) is 55.5 Å². The van der Waals surface area contributed by atoms with Gasteiger partial charge in [-0.2, -0.15) is 52.7 Å². The van der Waals surface area contributed by atoms with Crippen molar-refractivity contribution in [1.82, 2.24) is 0 Å². The average Bonchev–Trinajstić information content (AvgIpc) is 2.55. The Bertz CT molecular complexity index is 758. The molecule has 26 heteroatoms. The van der Waals surface area contributed by atoms with E-state index in [1.165, 1.54) is 9.47 Å². The molecule has 0 saturated carbocycles. The number of rotatable bonds is 16. The highest BCUT2D eigenvalue weighted by Crippen LogP contribution is 2.49. The maximum absolute atomic E-state index is 13.2. The molecular weight excluding hydrogens is 602 g/mol. The smallest absolute Gasteiger partial charge is 0.387 e. The van der Waals surface area contributed by atoms with Crippen LogP contribution in [0.2, 0.25) is 0 Å². The van der Waals surface area contributed by atoms with Crippen molar-refractivity contribution in [2.24, 2.45) is 0 Å². The number of hydrogen-bond donors (Lipinski definition) is 2. The molecule has 2 N–H and O–H groups in total. The third-order valence-corrected chi connectivity index (χ3v) is 2.57. The molecule has 0 atom stereocenters. The highest BCUT2D eigenvalue weighted by atomic mass is 19.4. The summed E-state index contributed by atoms with van der Waals surface area (Å²) in [6.07, 6.45) is -61.0. The molecule has 8 nitrogen and oxygen atoms in total. The van der Waals surface area contributed by atoms with Gasteiger partial charge in [0.2, 0.25) is 0 Å². The Labute approximate surface area is 188 Å². The minimum atomic E-state index is -7.56. The first kappa shape index (κ1) is 35.4. The lowest BCUT2D eigenvalue weighted by molar-refractivity contribution is -0.621. The fraction of sp³-hybridized carbons (Fsp3) is 1.00. The van der Waals surface area contributed by atoms with Crippen LogP contribution in [0.1, 0.15) is 0 Å². The van der Waals surface area contributed by atoms with Gasteiger partial charge in [0, 0.05) is 0 Å². The summed E-state index contributed by atoms with van der Waals surface area (Å²) in [5, 5.41) is 15.8. The SMILES string of the molecule is OCC(F)(F)OC(F)(F)OC(F)(F)OC(F)(F)OC(F)(F)C(F)(F)OC(F)(F)C(F)(F)OC(F)(F)CO. The van der Waals surface area contributed by atoms with Crippen molar-refractivity contribution in [1.29, 1.82) is 0 Å². The number of hydrogen-bond acceptors (Lipinski definition) is 8. The van der Waals surface area contributed by atoms with E-state index in [2.05, 4.69) is 4.74 Å². The monoisotopic (exact) mass is 608 g/mol. The summed E-state index contributed by atoms with van der Waals surface area (Å²) < 4.78 is 242. The van der Waals surface area contributed by atoms with E-state index in [1.807, 2.05) is 9.47 Å². The minimum absolute atomic E-state index is 1.48. The van der Waals surface area contributed by atoms with Crippen molar-refractivity contribution < 1.29 is 118 Å². The van der Waals surface area contributed by atoms with Gasteiger partial charge in [0.1, 0.15) is 13.2 Å². The van der Waals surface area contributed by atoms with E-state index in [0.717, 1.165) is 0 Å². The molecule has 0 amide bonds. The van der Waals surface area contributed by atoms with Gasteiger partial charge in [-0.25, -0.2) is 28.4 Å². The molecule has 0 fully saturated rings. The Morgan fingerprint density at radius 2 is 0.568 bits per heavy atom. The van der Waals surface area contributed by atoms with Gasteiger partial charge in [-0.3, -0.25) is 0 Å². The summed E-state index contributed by atoms with van der Waals surface area (Å²) in [6.45, 7) is -5.54. The topological polar surface area (TPSA) is 95.8 Å². The van der Waals surface area contributed by atoms with E-state index in [4.69, 9.17) is 10.2 Å². The lowest BCUT2D eigenvalue weighted by atomic mass is 10.5. The van der Waals surface area contributed by atoms with E-state index in [-0.39, 0.29) is 0 Å². The van der Waals surface area contributed by atoms with Crippen LogP contribution in [-0.4, -0.2) is 79.0 Å². The Hall–Kier alpha value is -1.58. The molecule has 0 radical (unpaired) electrons. The summed E-state index contributed by atoms with van der Waals surface area (Å²) in [5.74, 6) is 0. The van der Waals surface area contributed by atoms with E-state index >= 15 is 0 Å². The number of alkyl halides is 18. The molecule has 0 aliphatic carbocycles. The summed E-state index contributed by atoms with van der Waals surface area (Å²) in [6, 6.07) is 0. The minimum Gasteiger partial charge on any atom is -0.387 e.